The van der Waals surface area contributed by atoms with Crippen molar-refractivity contribution in [2.45, 2.75) is 116 Å². The van der Waals surface area contributed by atoms with Crippen LogP contribution in [0.25, 0.3) is 0 Å². The SMILES string of the molecule is CCCCCCCCCCCCCCCCCCOCCOCCOCCOCCC(=O)Oc1c(F)c(F)c(F)c(F)c1F. The van der Waals surface area contributed by atoms with Crippen LogP contribution in [0.3, 0.4) is 0 Å². The predicted molar refractivity (Wildman–Crippen MR) is 159 cm³/mol. The van der Waals surface area contributed by atoms with Gasteiger partial charge in [0.15, 0.2) is 0 Å². The summed E-state index contributed by atoms with van der Waals surface area (Å²) in [6.45, 7) is 4.88. The van der Waals surface area contributed by atoms with Gasteiger partial charge in [-0.3, -0.25) is 4.79 Å². The quantitative estimate of drug-likeness (QED) is 0.0209. The largest absolute Gasteiger partial charge is 0.420 e. The molecule has 0 saturated heterocycles. The first-order chi connectivity index (χ1) is 21.4. The molecule has 0 radical (unpaired) electrons. The third-order valence-corrected chi connectivity index (χ3v) is 7.09. The second-order valence-electron chi connectivity index (χ2n) is 10.9. The minimum atomic E-state index is -2.33. The van der Waals surface area contributed by atoms with Crippen LogP contribution >= 0.6 is 0 Å². The summed E-state index contributed by atoms with van der Waals surface area (Å²) in [5.74, 6) is -14.0. The molecule has 0 spiro atoms. The van der Waals surface area contributed by atoms with Crippen LogP contribution < -0.4 is 4.74 Å². The van der Waals surface area contributed by atoms with Crippen molar-refractivity contribution in [1.82, 2.24) is 0 Å². The maximum absolute atomic E-state index is 13.5. The molecule has 256 valence electrons. The van der Waals surface area contributed by atoms with Gasteiger partial charge >= 0.3 is 5.97 Å². The summed E-state index contributed by atoms with van der Waals surface area (Å²) in [6, 6.07) is 0. The molecular formula is C33H53F5O6. The molecule has 1 rings (SSSR count). The maximum Gasteiger partial charge on any atom is 0.313 e. The molecule has 0 fully saturated rings. The maximum atomic E-state index is 13.5. The van der Waals surface area contributed by atoms with Gasteiger partial charge in [-0.2, -0.15) is 8.78 Å². The van der Waals surface area contributed by atoms with E-state index in [1.54, 1.807) is 0 Å². The normalized spacial score (nSPS) is 11.4. The summed E-state index contributed by atoms with van der Waals surface area (Å²) in [5, 5.41) is 0. The summed E-state index contributed by atoms with van der Waals surface area (Å²) in [7, 11) is 0. The van der Waals surface area contributed by atoms with Gasteiger partial charge in [0.25, 0.3) is 0 Å². The van der Waals surface area contributed by atoms with Gasteiger partial charge in [0.05, 0.1) is 52.7 Å². The first-order valence-electron chi connectivity index (χ1n) is 16.4. The van der Waals surface area contributed by atoms with Crippen LogP contribution in [-0.4, -0.2) is 58.8 Å². The predicted octanol–water partition coefficient (Wildman–Crippen LogP) is 9.01. The molecule has 1 aromatic rings. The van der Waals surface area contributed by atoms with E-state index in [1.807, 2.05) is 0 Å². The van der Waals surface area contributed by atoms with Crippen molar-refractivity contribution in [1.29, 1.82) is 0 Å². The monoisotopic (exact) mass is 640 g/mol. The number of ether oxygens (including phenoxy) is 5. The Morgan fingerprint density at radius 3 is 1.16 bits per heavy atom. The van der Waals surface area contributed by atoms with E-state index in [-0.39, 0.29) is 19.8 Å². The van der Waals surface area contributed by atoms with E-state index in [1.165, 1.54) is 96.3 Å². The van der Waals surface area contributed by atoms with Crippen LogP contribution in [0.2, 0.25) is 0 Å². The number of rotatable bonds is 30. The number of esters is 1. The first-order valence-corrected chi connectivity index (χ1v) is 16.4. The van der Waals surface area contributed by atoms with Gasteiger partial charge in [0.1, 0.15) is 0 Å². The van der Waals surface area contributed by atoms with Gasteiger partial charge < -0.3 is 23.7 Å². The number of carbonyl (C=O) groups is 1. The number of unbranched alkanes of at least 4 members (excludes halogenated alkanes) is 15. The highest BCUT2D eigenvalue weighted by Crippen LogP contribution is 2.29. The van der Waals surface area contributed by atoms with Crippen molar-refractivity contribution in [3.05, 3.63) is 29.1 Å². The van der Waals surface area contributed by atoms with E-state index < -0.39 is 47.2 Å². The molecule has 0 atom stereocenters. The third-order valence-electron chi connectivity index (χ3n) is 7.09. The smallest absolute Gasteiger partial charge is 0.313 e. The number of hydrogen-bond donors (Lipinski definition) is 0. The highest BCUT2D eigenvalue weighted by atomic mass is 19.2. The fraction of sp³-hybridized carbons (Fsp3) is 0.788. The minimum Gasteiger partial charge on any atom is -0.420 e. The van der Waals surface area contributed by atoms with Crippen LogP contribution in [0, 0.1) is 29.1 Å². The molecule has 0 saturated carbocycles. The number of halogens is 5. The van der Waals surface area contributed by atoms with Gasteiger partial charge in [0.2, 0.25) is 34.8 Å². The lowest BCUT2D eigenvalue weighted by Gasteiger charge is -2.09. The Kier molecular flexibility index (Phi) is 25.1. The molecular weight excluding hydrogens is 587 g/mol. The number of benzene rings is 1. The summed E-state index contributed by atoms with van der Waals surface area (Å²) in [5.41, 5.74) is 0. The average Bonchev–Trinajstić information content (AvgIpc) is 3.02. The number of carbonyl (C=O) groups excluding carboxylic acids is 1. The van der Waals surface area contributed by atoms with E-state index in [2.05, 4.69) is 11.7 Å². The lowest BCUT2D eigenvalue weighted by Crippen LogP contribution is -2.16. The zero-order chi connectivity index (χ0) is 32.3. The molecule has 0 aliphatic heterocycles. The van der Waals surface area contributed by atoms with Crippen molar-refractivity contribution in [3.8, 4) is 5.75 Å². The van der Waals surface area contributed by atoms with Gasteiger partial charge in [-0.25, -0.2) is 13.2 Å². The van der Waals surface area contributed by atoms with Crippen LogP contribution in [0.15, 0.2) is 0 Å². The van der Waals surface area contributed by atoms with Crippen molar-refractivity contribution in [2.75, 3.05) is 52.9 Å². The molecule has 0 N–H and O–H groups in total. The highest BCUT2D eigenvalue weighted by molar-refractivity contribution is 5.72. The molecule has 1 aromatic carbocycles. The number of hydrogen-bond acceptors (Lipinski definition) is 6. The van der Waals surface area contributed by atoms with Crippen LogP contribution in [0.4, 0.5) is 22.0 Å². The molecule has 11 heteroatoms. The first kappa shape index (κ1) is 40.2. The van der Waals surface area contributed by atoms with Gasteiger partial charge in [-0.05, 0) is 6.42 Å². The Balaban J connectivity index is 1.79. The topological polar surface area (TPSA) is 63.2 Å². The fourth-order valence-electron chi connectivity index (χ4n) is 4.51. The van der Waals surface area contributed by atoms with Gasteiger partial charge in [-0.15, -0.1) is 0 Å². The molecule has 44 heavy (non-hydrogen) atoms. The molecule has 0 bridgehead atoms. The second-order valence-corrected chi connectivity index (χ2v) is 10.9. The lowest BCUT2D eigenvalue weighted by atomic mass is 10.0. The van der Waals surface area contributed by atoms with Gasteiger partial charge in [-0.1, -0.05) is 103 Å². The van der Waals surface area contributed by atoms with E-state index in [9.17, 15) is 26.7 Å². The second kappa shape index (κ2) is 27.5. The zero-order valence-corrected chi connectivity index (χ0v) is 26.5. The molecule has 0 unspecified atom stereocenters. The van der Waals surface area contributed by atoms with Gasteiger partial charge in [0, 0.05) is 6.61 Å². The van der Waals surface area contributed by atoms with E-state index in [0.29, 0.717) is 26.4 Å². The molecule has 0 heterocycles. The Hall–Kier alpha value is -1.82. The molecule has 0 aromatic heterocycles. The summed E-state index contributed by atoms with van der Waals surface area (Å²) < 4.78 is 92.1. The minimum absolute atomic E-state index is 0.123. The van der Waals surface area contributed by atoms with Crippen LogP contribution in [0.5, 0.6) is 5.75 Å². The van der Waals surface area contributed by atoms with E-state index in [0.717, 1.165) is 13.0 Å². The van der Waals surface area contributed by atoms with Crippen molar-refractivity contribution < 1.29 is 50.4 Å². The average molecular weight is 641 g/mol. The summed E-state index contributed by atoms with van der Waals surface area (Å²) in [4.78, 5) is 11.6. The summed E-state index contributed by atoms with van der Waals surface area (Å²) >= 11 is 0. The summed E-state index contributed by atoms with van der Waals surface area (Å²) in [6.07, 6.45) is 21.0. The van der Waals surface area contributed by atoms with Crippen molar-refractivity contribution in [3.63, 3.8) is 0 Å². The van der Waals surface area contributed by atoms with Crippen molar-refractivity contribution in [2.24, 2.45) is 0 Å². The third kappa shape index (κ3) is 19.5. The standard InChI is InChI=1S/C33H53F5O6/c1-2-3-4-5-6-7-8-9-10-11-12-13-14-15-16-17-19-40-21-23-42-25-26-43-24-22-41-20-18-27(39)44-33-31(37)29(35)28(34)30(36)32(33)38/h2-26H2,1H3. The van der Waals surface area contributed by atoms with Crippen LogP contribution in [0.1, 0.15) is 116 Å². The Bertz CT molecular complexity index is 845. The lowest BCUT2D eigenvalue weighted by molar-refractivity contribution is -0.136. The Labute approximate surface area is 260 Å². The molecule has 0 amide bonds. The van der Waals surface area contributed by atoms with Crippen LogP contribution in [-0.2, 0) is 23.7 Å². The van der Waals surface area contributed by atoms with E-state index >= 15 is 0 Å². The molecule has 6 nitrogen and oxygen atoms in total. The highest BCUT2D eigenvalue weighted by Gasteiger charge is 2.28. The molecule has 0 aliphatic carbocycles. The Morgan fingerprint density at radius 2 is 0.750 bits per heavy atom. The molecule has 0 aliphatic rings. The zero-order valence-electron chi connectivity index (χ0n) is 26.5. The van der Waals surface area contributed by atoms with E-state index in [4.69, 9.17) is 18.9 Å². The Morgan fingerprint density at radius 1 is 0.432 bits per heavy atom. The fourth-order valence-corrected chi connectivity index (χ4v) is 4.51. The van der Waals surface area contributed by atoms with Crippen molar-refractivity contribution >= 4 is 5.97 Å².